The summed E-state index contributed by atoms with van der Waals surface area (Å²) in [6.45, 7) is 7.07. The molecule has 0 aliphatic carbocycles. The Bertz CT molecular complexity index is 717. The van der Waals surface area contributed by atoms with Crippen molar-refractivity contribution in [2.45, 2.75) is 38.1 Å². The van der Waals surface area contributed by atoms with Crippen LogP contribution < -0.4 is 4.72 Å². The molecule has 1 aromatic carbocycles. The number of nitrogens with one attached hydrogen (secondary N) is 1. The Kier molecular flexibility index (Phi) is 8.28. The van der Waals surface area contributed by atoms with Crippen molar-refractivity contribution in [1.29, 1.82) is 0 Å². The third-order valence-corrected chi connectivity index (χ3v) is 6.79. The molecule has 1 N–H and O–H groups in total. The molecule has 0 radical (unpaired) electrons. The molecule has 0 heterocycles. The van der Waals surface area contributed by atoms with Gasteiger partial charge in [0, 0.05) is 12.8 Å². The minimum Gasteiger partial charge on any atom is -0.465 e. The van der Waals surface area contributed by atoms with Crippen molar-refractivity contribution in [2.75, 3.05) is 26.0 Å². The van der Waals surface area contributed by atoms with Gasteiger partial charge in [-0.1, -0.05) is 17.7 Å². The molecule has 0 saturated carbocycles. The number of esters is 1. The Labute approximate surface area is 149 Å². The average Bonchev–Trinajstić information content (AvgIpc) is 2.52. The van der Waals surface area contributed by atoms with Gasteiger partial charge in [-0.2, -0.15) is 4.72 Å². The maximum Gasteiger partial charge on any atom is 0.324 e. The minimum atomic E-state index is -3.90. The lowest BCUT2D eigenvalue weighted by atomic mass is 10.2. The molecule has 142 valence electrons. The predicted molar refractivity (Wildman–Crippen MR) is 96.6 cm³/mol. The first kappa shape index (κ1) is 21.8. The highest BCUT2D eigenvalue weighted by molar-refractivity contribution is 7.89. The fourth-order valence-corrected chi connectivity index (χ4v) is 4.76. The molecule has 0 amide bonds. The van der Waals surface area contributed by atoms with Crippen LogP contribution in [0.4, 0.5) is 0 Å². The largest absolute Gasteiger partial charge is 0.465 e. The summed E-state index contributed by atoms with van der Waals surface area (Å²) in [5.74, 6) is -0.699. The number of carbonyl (C=O) groups excluding carboxylic acids is 1. The van der Waals surface area contributed by atoms with Crippen LogP contribution in [0.5, 0.6) is 0 Å². The van der Waals surface area contributed by atoms with E-state index < -0.39 is 29.4 Å². The van der Waals surface area contributed by atoms with E-state index in [0.29, 0.717) is 0 Å². The second kappa shape index (κ2) is 9.48. The normalized spacial score (nSPS) is 15.4. The Balaban J connectivity index is 2.94. The van der Waals surface area contributed by atoms with Crippen LogP contribution >= 0.6 is 7.37 Å². The number of carbonyl (C=O) groups is 1. The van der Waals surface area contributed by atoms with E-state index in [2.05, 4.69) is 4.72 Å². The van der Waals surface area contributed by atoms with E-state index in [1.54, 1.807) is 26.0 Å². The summed E-state index contributed by atoms with van der Waals surface area (Å²) in [7, 11) is -6.79. The van der Waals surface area contributed by atoms with Crippen LogP contribution in [0.1, 0.15) is 25.8 Å². The van der Waals surface area contributed by atoms with Crippen LogP contribution in [0.2, 0.25) is 0 Å². The van der Waals surface area contributed by atoms with Crippen LogP contribution in [0.15, 0.2) is 29.2 Å². The molecule has 0 aromatic heterocycles. The first-order chi connectivity index (χ1) is 11.6. The van der Waals surface area contributed by atoms with E-state index in [1.165, 1.54) is 18.8 Å². The Morgan fingerprint density at radius 1 is 1.20 bits per heavy atom. The highest BCUT2D eigenvalue weighted by atomic mass is 32.2. The number of sulfonamides is 1. The van der Waals surface area contributed by atoms with Gasteiger partial charge in [0.25, 0.3) is 0 Å². The molecular formula is C16H26NO6PS. The van der Waals surface area contributed by atoms with Gasteiger partial charge in [0.1, 0.15) is 6.04 Å². The second-order valence-corrected chi connectivity index (χ2v) is 10.1. The zero-order chi connectivity index (χ0) is 19.1. The molecule has 0 fully saturated rings. The number of ether oxygens (including phenoxy) is 1. The summed E-state index contributed by atoms with van der Waals surface area (Å²) in [4.78, 5) is 12.2. The van der Waals surface area contributed by atoms with Gasteiger partial charge < -0.3 is 9.26 Å². The monoisotopic (exact) mass is 391 g/mol. The maximum atomic E-state index is 12.5. The van der Waals surface area contributed by atoms with Gasteiger partial charge in [0.05, 0.1) is 18.1 Å². The number of hydrogen-bond donors (Lipinski definition) is 1. The minimum absolute atomic E-state index is 0.0255. The van der Waals surface area contributed by atoms with Crippen molar-refractivity contribution in [1.82, 2.24) is 4.72 Å². The lowest BCUT2D eigenvalue weighted by Crippen LogP contribution is -2.42. The SMILES string of the molecule is CCOC(=O)[C@H](CCP(C)(=O)OCC)NS(=O)(=O)c1ccc(C)cc1. The number of hydrogen-bond acceptors (Lipinski definition) is 6. The Morgan fingerprint density at radius 2 is 1.80 bits per heavy atom. The van der Waals surface area contributed by atoms with Crippen molar-refractivity contribution in [3.8, 4) is 0 Å². The zero-order valence-electron chi connectivity index (χ0n) is 15.0. The van der Waals surface area contributed by atoms with Crippen molar-refractivity contribution < 1.29 is 27.0 Å². The van der Waals surface area contributed by atoms with Gasteiger partial charge in [0.2, 0.25) is 10.0 Å². The van der Waals surface area contributed by atoms with Crippen LogP contribution in [-0.2, 0) is 28.6 Å². The van der Waals surface area contributed by atoms with Gasteiger partial charge in [-0.25, -0.2) is 8.42 Å². The molecule has 1 unspecified atom stereocenters. The Morgan fingerprint density at radius 3 is 2.32 bits per heavy atom. The summed E-state index contributed by atoms with van der Waals surface area (Å²) < 4.78 is 49.7. The van der Waals surface area contributed by atoms with Gasteiger partial charge in [0.15, 0.2) is 7.37 Å². The van der Waals surface area contributed by atoms with Crippen molar-refractivity contribution >= 4 is 23.4 Å². The van der Waals surface area contributed by atoms with Crippen LogP contribution in [0.25, 0.3) is 0 Å². The van der Waals surface area contributed by atoms with E-state index in [1.807, 2.05) is 6.92 Å². The topological polar surface area (TPSA) is 98.8 Å². The molecule has 25 heavy (non-hydrogen) atoms. The smallest absolute Gasteiger partial charge is 0.324 e. The maximum absolute atomic E-state index is 12.5. The quantitative estimate of drug-likeness (QED) is 0.486. The predicted octanol–water partition coefficient (Wildman–Crippen LogP) is 2.54. The molecule has 0 bridgehead atoms. The van der Waals surface area contributed by atoms with E-state index in [0.717, 1.165) is 5.56 Å². The molecule has 0 spiro atoms. The average molecular weight is 391 g/mol. The van der Waals surface area contributed by atoms with Gasteiger partial charge in [-0.05, 0) is 39.3 Å². The molecule has 0 aliphatic heterocycles. The molecule has 7 nitrogen and oxygen atoms in total. The highest BCUT2D eigenvalue weighted by Gasteiger charge is 2.29. The van der Waals surface area contributed by atoms with Gasteiger partial charge in [-0.3, -0.25) is 9.36 Å². The third-order valence-electron chi connectivity index (χ3n) is 3.43. The van der Waals surface area contributed by atoms with Crippen molar-refractivity contribution in [3.63, 3.8) is 0 Å². The van der Waals surface area contributed by atoms with E-state index in [-0.39, 0.29) is 30.7 Å². The van der Waals surface area contributed by atoms with Crippen LogP contribution in [-0.4, -0.2) is 46.5 Å². The molecule has 0 saturated heterocycles. The summed E-state index contributed by atoms with van der Waals surface area (Å²) >= 11 is 0. The number of rotatable bonds is 10. The number of aryl methyl sites for hydroxylation is 1. The summed E-state index contributed by atoms with van der Waals surface area (Å²) in [6, 6.07) is 5.14. The first-order valence-electron chi connectivity index (χ1n) is 8.08. The fourth-order valence-electron chi connectivity index (χ4n) is 2.14. The van der Waals surface area contributed by atoms with E-state index >= 15 is 0 Å². The number of benzene rings is 1. The molecular weight excluding hydrogens is 365 g/mol. The third kappa shape index (κ3) is 7.28. The molecule has 0 aliphatic rings. The molecule has 9 heteroatoms. The Hall–Kier alpha value is -1.21. The lowest BCUT2D eigenvalue weighted by Gasteiger charge is -2.19. The highest BCUT2D eigenvalue weighted by Crippen LogP contribution is 2.43. The van der Waals surface area contributed by atoms with Crippen molar-refractivity contribution in [2.24, 2.45) is 0 Å². The van der Waals surface area contributed by atoms with Gasteiger partial charge in [-0.15, -0.1) is 0 Å². The molecule has 1 rings (SSSR count). The van der Waals surface area contributed by atoms with Crippen LogP contribution in [0.3, 0.4) is 0 Å². The van der Waals surface area contributed by atoms with Gasteiger partial charge >= 0.3 is 5.97 Å². The second-order valence-electron chi connectivity index (χ2n) is 5.68. The standard InChI is InChI=1S/C16H26NO6PS/c1-5-22-16(18)15(11-12-24(4,19)23-6-2)17-25(20,21)14-9-7-13(3)8-10-14/h7-10,15,17H,5-6,11-12H2,1-4H3/t15-,24?/m0/s1. The fraction of sp³-hybridized carbons (Fsp3) is 0.562. The van der Waals surface area contributed by atoms with Crippen LogP contribution in [0, 0.1) is 6.92 Å². The first-order valence-corrected chi connectivity index (χ1v) is 11.8. The summed E-state index contributed by atoms with van der Waals surface area (Å²) in [6.07, 6.45) is 0.0957. The molecule has 1 aromatic rings. The molecule has 2 atom stereocenters. The summed E-state index contributed by atoms with van der Waals surface area (Å²) in [5, 5.41) is 0. The zero-order valence-corrected chi connectivity index (χ0v) is 16.7. The van der Waals surface area contributed by atoms with E-state index in [4.69, 9.17) is 9.26 Å². The van der Waals surface area contributed by atoms with E-state index in [9.17, 15) is 17.8 Å². The lowest BCUT2D eigenvalue weighted by molar-refractivity contribution is -0.145. The van der Waals surface area contributed by atoms with Crippen molar-refractivity contribution in [3.05, 3.63) is 29.8 Å². The summed E-state index contributed by atoms with van der Waals surface area (Å²) in [5.41, 5.74) is 0.921.